The number of hydrogen-bond acceptors (Lipinski definition) is 7. The lowest BCUT2D eigenvalue weighted by Gasteiger charge is -2.07. The Morgan fingerprint density at radius 3 is 2.86 bits per heavy atom. The van der Waals surface area contributed by atoms with Crippen molar-refractivity contribution in [3.63, 3.8) is 0 Å². The zero-order chi connectivity index (χ0) is 19.8. The number of nitrogens with zero attached hydrogens (tertiary/aromatic N) is 6. The van der Waals surface area contributed by atoms with E-state index >= 15 is 0 Å². The zero-order valence-corrected chi connectivity index (χ0v) is 15.5. The second-order valence-corrected chi connectivity index (χ2v) is 6.53. The van der Waals surface area contributed by atoms with Gasteiger partial charge in [0.2, 0.25) is 11.8 Å². The van der Waals surface area contributed by atoms with E-state index in [4.69, 9.17) is 4.74 Å². The Bertz CT molecular complexity index is 1320. The van der Waals surface area contributed by atoms with Gasteiger partial charge in [-0.2, -0.15) is 5.26 Å². The summed E-state index contributed by atoms with van der Waals surface area (Å²) in [5.74, 6) is 1.39. The molecule has 0 unspecified atom stereocenters. The van der Waals surface area contributed by atoms with Crippen molar-refractivity contribution in [1.82, 2.24) is 19.7 Å². The van der Waals surface area contributed by atoms with Crippen molar-refractivity contribution in [3.8, 4) is 17.8 Å². The van der Waals surface area contributed by atoms with E-state index in [9.17, 15) is 5.26 Å². The van der Waals surface area contributed by atoms with Crippen LogP contribution in [0.15, 0.2) is 59.9 Å². The highest BCUT2D eigenvalue weighted by Crippen LogP contribution is 2.31. The first kappa shape index (κ1) is 16.9. The summed E-state index contributed by atoms with van der Waals surface area (Å²) < 4.78 is 7.56. The molecule has 0 amide bonds. The molecule has 8 heteroatoms. The minimum absolute atomic E-state index is 0.236. The highest BCUT2D eigenvalue weighted by atomic mass is 16.5. The van der Waals surface area contributed by atoms with Crippen LogP contribution in [0.2, 0.25) is 0 Å². The number of rotatable bonds is 3. The number of benzene rings is 1. The molecule has 29 heavy (non-hydrogen) atoms. The number of ether oxygens (including phenoxy) is 1. The van der Waals surface area contributed by atoms with Crippen LogP contribution in [-0.4, -0.2) is 25.6 Å². The summed E-state index contributed by atoms with van der Waals surface area (Å²) in [7, 11) is 1.84. The van der Waals surface area contributed by atoms with Gasteiger partial charge in [0, 0.05) is 30.7 Å². The largest absolute Gasteiger partial charge is 0.417 e. The van der Waals surface area contributed by atoms with E-state index in [0.717, 1.165) is 33.7 Å². The van der Waals surface area contributed by atoms with Crippen LogP contribution in [-0.2, 0) is 13.6 Å². The molecule has 3 aromatic heterocycles. The third-order valence-electron chi connectivity index (χ3n) is 4.69. The predicted molar refractivity (Wildman–Crippen MR) is 108 cm³/mol. The maximum atomic E-state index is 9.24. The summed E-state index contributed by atoms with van der Waals surface area (Å²) in [5.41, 5.74) is 4.09. The number of hydrogen-bond donors (Lipinski definition) is 1. The van der Waals surface area contributed by atoms with Crippen LogP contribution >= 0.6 is 0 Å². The molecule has 1 aromatic carbocycles. The molecule has 0 spiro atoms. The molecular formula is C21H15N7O. The molecule has 0 saturated heterocycles. The fraction of sp³-hybridized carbons (Fsp3) is 0.0952. The molecule has 4 heterocycles. The summed E-state index contributed by atoms with van der Waals surface area (Å²) >= 11 is 0. The lowest BCUT2D eigenvalue weighted by Crippen LogP contribution is -2.13. The molecular weight excluding hydrogens is 366 g/mol. The van der Waals surface area contributed by atoms with Crippen LogP contribution in [0.1, 0.15) is 16.8 Å². The topological polar surface area (TPSA) is 101 Å². The van der Waals surface area contributed by atoms with Gasteiger partial charge in [-0.3, -0.25) is 14.7 Å². The summed E-state index contributed by atoms with van der Waals surface area (Å²) in [6.45, 7) is 0.628. The Morgan fingerprint density at radius 2 is 1.97 bits per heavy atom. The second kappa shape index (κ2) is 6.73. The smallest absolute Gasteiger partial charge is 0.248 e. The molecule has 0 bridgehead atoms. The first-order chi connectivity index (χ1) is 14.2. The van der Waals surface area contributed by atoms with Crippen LogP contribution in [0.4, 0.5) is 5.69 Å². The Morgan fingerprint density at radius 1 is 1.10 bits per heavy atom. The molecule has 8 nitrogen and oxygen atoms in total. The van der Waals surface area contributed by atoms with E-state index < -0.39 is 0 Å². The van der Waals surface area contributed by atoms with Crippen molar-refractivity contribution in [2.45, 2.75) is 6.54 Å². The van der Waals surface area contributed by atoms with Gasteiger partial charge in [0.1, 0.15) is 17.3 Å². The Kier molecular flexibility index (Phi) is 3.92. The standard InChI is InChI=1S/C21H15N7O/c1-28-17-10-15(26-19-18-14(12-25-19)5-3-8-23-18)6-7-16(17)21(27-28)29-20-13(11-22)4-2-9-24-20/h2-10H,12H2,1H3,(H,25,26). The summed E-state index contributed by atoms with van der Waals surface area (Å²) in [6.07, 6.45) is 3.35. The number of fused-ring (bicyclic) bond motifs is 2. The first-order valence-corrected chi connectivity index (χ1v) is 8.98. The van der Waals surface area contributed by atoms with Gasteiger partial charge in [-0.05, 0) is 36.4 Å². The van der Waals surface area contributed by atoms with Crippen molar-refractivity contribution in [2.24, 2.45) is 12.0 Å². The average molecular weight is 381 g/mol. The van der Waals surface area contributed by atoms with Crippen molar-refractivity contribution in [2.75, 3.05) is 5.32 Å². The molecule has 140 valence electrons. The molecule has 0 atom stereocenters. The predicted octanol–water partition coefficient (Wildman–Crippen LogP) is 3.40. The van der Waals surface area contributed by atoms with E-state index in [-0.39, 0.29) is 5.88 Å². The van der Waals surface area contributed by atoms with E-state index in [1.807, 2.05) is 37.4 Å². The Hall–Kier alpha value is -4.25. The number of aryl methyl sites for hydroxylation is 1. The van der Waals surface area contributed by atoms with Gasteiger partial charge in [0.05, 0.1) is 17.4 Å². The van der Waals surface area contributed by atoms with Crippen molar-refractivity contribution in [3.05, 3.63) is 71.7 Å². The van der Waals surface area contributed by atoms with Crippen molar-refractivity contribution in [1.29, 1.82) is 5.26 Å². The molecule has 0 radical (unpaired) electrons. The Labute approximate surface area is 166 Å². The van der Waals surface area contributed by atoms with Gasteiger partial charge >= 0.3 is 0 Å². The maximum Gasteiger partial charge on any atom is 0.248 e. The molecule has 1 N–H and O–H groups in total. The van der Waals surface area contributed by atoms with Gasteiger partial charge in [-0.25, -0.2) is 4.98 Å². The van der Waals surface area contributed by atoms with Gasteiger partial charge in [0.25, 0.3) is 0 Å². The number of amidine groups is 1. The minimum atomic E-state index is 0.236. The molecule has 0 saturated carbocycles. The van der Waals surface area contributed by atoms with E-state index in [0.29, 0.717) is 18.0 Å². The number of anilines is 1. The summed E-state index contributed by atoms with van der Waals surface area (Å²) in [5, 5.41) is 17.8. The Balaban J connectivity index is 1.47. The number of nitriles is 1. The molecule has 0 fully saturated rings. The molecule has 4 aromatic rings. The molecule has 0 aliphatic carbocycles. The molecule has 5 rings (SSSR count). The quantitative estimate of drug-likeness (QED) is 0.584. The fourth-order valence-electron chi connectivity index (χ4n) is 3.28. The van der Waals surface area contributed by atoms with Crippen molar-refractivity contribution < 1.29 is 4.74 Å². The van der Waals surface area contributed by atoms with Crippen LogP contribution in [0, 0.1) is 11.3 Å². The maximum absolute atomic E-state index is 9.24. The van der Waals surface area contributed by atoms with Gasteiger partial charge in [-0.1, -0.05) is 6.07 Å². The average Bonchev–Trinajstić information content (AvgIpc) is 3.30. The highest BCUT2D eigenvalue weighted by Gasteiger charge is 2.18. The van der Waals surface area contributed by atoms with Crippen LogP contribution in [0.25, 0.3) is 10.9 Å². The lowest BCUT2D eigenvalue weighted by molar-refractivity contribution is 0.439. The number of aromatic nitrogens is 4. The van der Waals surface area contributed by atoms with Crippen LogP contribution < -0.4 is 10.1 Å². The van der Waals surface area contributed by atoms with Crippen LogP contribution in [0.3, 0.4) is 0 Å². The summed E-state index contributed by atoms with van der Waals surface area (Å²) in [6, 6.07) is 15.2. The number of pyridine rings is 2. The van der Waals surface area contributed by atoms with E-state index in [2.05, 4.69) is 31.4 Å². The SMILES string of the molecule is Cn1nc(Oc2ncccc2C#N)c2ccc(NC3=NCc4cccnc43)cc21. The van der Waals surface area contributed by atoms with Gasteiger partial charge in [-0.15, -0.1) is 5.10 Å². The van der Waals surface area contributed by atoms with Gasteiger partial charge < -0.3 is 10.1 Å². The first-order valence-electron chi connectivity index (χ1n) is 8.98. The number of aliphatic imine (C=N–C) groups is 1. The van der Waals surface area contributed by atoms with Gasteiger partial charge in [0.15, 0.2) is 5.84 Å². The monoisotopic (exact) mass is 381 g/mol. The van der Waals surface area contributed by atoms with Crippen LogP contribution in [0.5, 0.6) is 11.8 Å². The minimum Gasteiger partial charge on any atom is -0.417 e. The fourth-order valence-corrected chi connectivity index (χ4v) is 3.28. The molecule has 1 aliphatic rings. The van der Waals surface area contributed by atoms with E-state index in [1.165, 1.54) is 0 Å². The number of nitrogens with one attached hydrogen (secondary N) is 1. The zero-order valence-electron chi connectivity index (χ0n) is 15.5. The normalized spacial score (nSPS) is 12.3. The third kappa shape index (κ3) is 2.95. The lowest BCUT2D eigenvalue weighted by atomic mass is 10.2. The second-order valence-electron chi connectivity index (χ2n) is 6.53. The molecule has 1 aliphatic heterocycles. The summed E-state index contributed by atoms with van der Waals surface area (Å²) in [4.78, 5) is 13.1. The third-order valence-corrected chi connectivity index (χ3v) is 4.69. The highest BCUT2D eigenvalue weighted by molar-refractivity contribution is 6.09. The van der Waals surface area contributed by atoms with Crippen molar-refractivity contribution >= 4 is 22.4 Å². The van der Waals surface area contributed by atoms with E-state index in [1.54, 1.807) is 29.2 Å².